The van der Waals surface area contributed by atoms with E-state index in [2.05, 4.69) is 15.0 Å². The van der Waals surface area contributed by atoms with Crippen LogP contribution in [-0.2, 0) is 21.4 Å². The van der Waals surface area contributed by atoms with Gasteiger partial charge < -0.3 is 19.7 Å². The highest BCUT2D eigenvalue weighted by Crippen LogP contribution is 2.34. The second-order valence-electron chi connectivity index (χ2n) is 8.55. The molecule has 4 heterocycles. The van der Waals surface area contributed by atoms with Gasteiger partial charge in [0.1, 0.15) is 5.82 Å². The summed E-state index contributed by atoms with van der Waals surface area (Å²) in [6.45, 7) is 6.84. The number of hydrogen-bond acceptors (Lipinski definition) is 8. The summed E-state index contributed by atoms with van der Waals surface area (Å²) in [4.78, 5) is 14.9. The van der Waals surface area contributed by atoms with Gasteiger partial charge in [-0.15, -0.1) is 4.09 Å². The Morgan fingerprint density at radius 3 is 2.82 bits per heavy atom. The number of benzene rings is 1. The SMILES string of the molecule is CC(C)S(=O)(=O)n1ncc2c(N3CCOC[C@H]3C)nc(-c3cc(CO)cc4[nH]ccc34)nc21. The molecular formula is C22H26N6O4S. The van der Waals surface area contributed by atoms with Gasteiger partial charge in [0.25, 0.3) is 10.0 Å². The first-order chi connectivity index (χ1) is 15.8. The summed E-state index contributed by atoms with van der Waals surface area (Å²) in [6, 6.07) is 5.67. The lowest BCUT2D eigenvalue weighted by molar-refractivity contribution is 0.0987. The number of ether oxygens (including phenoxy) is 1. The van der Waals surface area contributed by atoms with Gasteiger partial charge in [-0.05, 0) is 44.5 Å². The third-order valence-electron chi connectivity index (χ3n) is 6.01. The van der Waals surface area contributed by atoms with E-state index >= 15 is 0 Å². The van der Waals surface area contributed by atoms with Crippen LogP contribution in [0.1, 0.15) is 26.3 Å². The molecule has 174 valence electrons. The molecule has 0 unspecified atom stereocenters. The van der Waals surface area contributed by atoms with E-state index in [0.29, 0.717) is 47.9 Å². The molecule has 0 bridgehead atoms. The van der Waals surface area contributed by atoms with Crippen molar-refractivity contribution in [3.63, 3.8) is 0 Å². The number of aliphatic hydroxyl groups is 1. The number of fused-ring (bicyclic) bond motifs is 2. The zero-order valence-corrected chi connectivity index (χ0v) is 19.5. The van der Waals surface area contributed by atoms with Crippen LogP contribution in [0.4, 0.5) is 5.82 Å². The third kappa shape index (κ3) is 3.56. The Morgan fingerprint density at radius 2 is 2.09 bits per heavy atom. The third-order valence-corrected chi connectivity index (χ3v) is 7.95. The van der Waals surface area contributed by atoms with Crippen LogP contribution in [-0.4, -0.2) is 68.7 Å². The van der Waals surface area contributed by atoms with Crippen LogP contribution in [0.25, 0.3) is 33.3 Å². The van der Waals surface area contributed by atoms with Gasteiger partial charge in [-0.3, -0.25) is 0 Å². The Morgan fingerprint density at radius 1 is 1.27 bits per heavy atom. The van der Waals surface area contributed by atoms with E-state index in [0.717, 1.165) is 15.0 Å². The zero-order valence-electron chi connectivity index (χ0n) is 18.7. The van der Waals surface area contributed by atoms with E-state index in [-0.39, 0.29) is 18.3 Å². The van der Waals surface area contributed by atoms with Gasteiger partial charge in [0, 0.05) is 29.2 Å². The summed E-state index contributed by atoms with van der Waals surface area (Å²) in [5, 5.41) is 14.8. The number of aromatic nitrogens is 5. The lowest BCUT2D eigenvalue weighted by Crippen LogP contribution is -2.44. The highest BCUT2D eigenvalue weighted by Gasteiger charge is 2.29. The number of nitrogens with one attached hydrogen (secondary N) is 1. The molecule has 1 atom stereocenters. The van der Waals surface area contributed by atoms with Crippen molar-refractivity contribution in [1.82, 2.24) is 24.1 Å². The summed E-state index contributed by atoms with van der Waals surface area (Å²) >= 11 is 0. The molecule has 1 saturated heterocycles. The monoisotopic (exact) mass is 470 g/mol. The molecule has 0 radical (unpaired) electrons. The standard InChI is InChI=1S/C22H26N6O4S/c1-13(2)33(30,31)28-22-18(10-24-28)21(27-6-7-32-12-14(27)3)25-20(26-22)17-8-15(11-29)9-19-16(17)4-5-23-19/h4-5,8-10,13-14,23,29H,6-7,11-12H2,1-3H3/t14-/m1/s1. The molecule has 1 fully saturated rings. The van der Waals surface area contributed by atoms with E-state index in [9.17, 15) is 13.5 Å². The Kier molecular flexibility index (Phi) is 5.34. The molecule has 1 aromatic carbocycles. The van der Waals surface area contributed by atoms with Gasteiger partial charge in [0.05, 0.1) is 42.7 Å². The largest absolute Gasteiger partial charge is 0.392 e. The fraction of sp³-hybridized carbons (Fsp3) is 0.409. The summed E-state index contributed by atoms with van der Waals surface area (Å²) in [7, 11) is -3.74. The molecule has 11 heteroatoms. The van der Waals surface area contributed by atoms with Crippen LogP contribution in [0.5, 0.6) is 0 Å². The van der Waals surface area contributed by atoms with E-state index in [1.807, 2.05) is 31.3 Å². The van der Waals surface area contributed by atoms with Crippen molar-refractivity contribution in [1.29, 1.82) is 0 Å². The maximum atomic E-state index is 13.0. The van der Waals surface area contributed by atoms with Crippen LogP contribution >= 0.6 is 0 Å². The second kappa shape index (κ2) is 8.08. The minimum absolute atomic E-state index is 0.0470. The summed E-state index contributed by atoms with van der Waals surface area (Å²) < 4.78 is 32.7. The normalized spacial score (nSPS) is 17.5. The highest BCUT2D eigenvalue weighted by molar-refractivity contribution is 7.90. The quantitative estimate of drug-likeness (QED) is 0.455. The lowest BCUT2D eigenvalue weighted by atomic mass is 10.1. The van der Waals surface area contributed by atoms with Crippen LogP contribution in [0.2, 0.25) is 0 Å². The van der Waals surface area contributed by atoms with Crippen molar-refractivity contribution in [2.45, 2.75) is 38.7 Å². The van der Waals surface area contributed by atoms with E-state index in [4.69, 9.17) is 14.7 Å². The number of rotatable bonds is 5. The van der Waals surface area contributed by atoms with Crippen LogP contribution in [0, 0.1) is 0 Å². The molecule has 33 heavy (non-hydrogen) atoms. The van der Waals surface area contributed by atoms with Crippen molar-refractivity contribution in [3.05, 3.63) is 36.2 Å². The number of hydrogen-bond donors (Lipinski definition) is 2. The molecule has 2 N–H and O–H groups in total. The maximum Gasteiger partial charge on any atom is 0.258 e. The molecule has 0 saturated carbocycles. The first-order valence-electron chi connectivity index (χ1n) is 10.9. The number of H-pyrrole nitrogens is 1. The number of morpholine rings is 1. The van der Waals surface area contributed by atoms with Crippen LogP contribution in [0.3, 0.4) is 0 Å². The fourth-order valence-electron chi connectivity index (χ4n) is 4.14. The summed E-state index contributed by atoms with van der Waals surface area (Å²) in [6.07, 6.45) is 3.33. The number of nitrogens with zero attached hydrogens (tertiary/aromatic N) is 5. The second-order valence-corrected chi connectivity index (χ2v) is 10.9. The number of aromatic amines is 1. The van der Waals surface area contributed by atoms with Gasteiger partial charge in [-0.25, -0.2) is 18.4 Å². The Labute approximate surface area is 191 Å². The molecule has 1 aliphatic rings. The summed E-state index contributed by atoms with van der Waals surface area (Å²) in [5.41, 5.74) is 2.48. The Hall–Kier alpha value is -3.02. The number of aliphatic hydroxyl groups excluding tert-OH is 1. The van der Waals surface area contributed by atoms with Gasteiger partial charge in [-0.2, -0.15) is 5.10 Å². The van der Waals surface area contributed by atoms with E-state index < -0.39 is 15.3 Å². The molecule has 5 rings (SSSR count). The minimum Gasteiger partial charge on any atom is -0.392 e. The van der Waals surface area contributed by atoms with Gasteiger partial charge in [0.2, 0.25) is 0 Å². The summed E-state index contributed by atoms with van der Waals surface area (Å²) in [5.74, 6) is 0.992. The molecule has 0 spiro atoms. The van der Waals surface area contributed by atoms with Gasteiger partial charge >= 0.3 is 0 Å². The zero-order chi connectivity index (χ0) is 23.3. The Bertz CT molecular complexity index is 1440. The molecule has 3 aromatic heterocycles. The predicted molar refractivity (Wildman–Crippen MR) is 126 cm³/mol. The Balaban J connectivity index is 1.83. The van der Waals surface area contributed by atoms with E-state index in [1.165, 1.54) is 6.20 Å². The molecule has 4 aromatic rings. The average molecular weight is 471 g/mol. The fourth-order valence-corrected chi connectivity index (χ4v) is 5.10. The van der Waals surface area contributed by atoms with E-state index in [1.54, 1.807) is 13.8 Å². The predicted octanol–water partition coefficient (Wildman–Crippen LogP) is 2.28. The first kappa shape index (κ1) is 21.8. The molecule has 0 amide bonds. The topological polar surface area (TPSA) is 126 Å². The first-order valence-corrected chi connectivity index (χ1v) is 12.4. The smallest absolute Gasteiger partial charge is 0.258 e. The molecular weight excluding hydrogens is 444 g/mol. The molecule has 1 aliphatic heterocycles. The minimum atomic E-state index is -3.74. The van der Waals surface area contributed by atoms with Crippen molar-refractivity contribution in [2.75, 3.05) is 24.7 Å². The molecule has 0 aliphatic carbocycles. The van der Waals surface area contributed by atoms with Crippen LogP contribution < -0.4 is 4.90 Å². The average Bonchev–Trinajstić information content (AvgIpc) is 3.45. The van der Waals surface area contributed by atoms with Gasteiger partial charge in [-0.1, -0.05) is 0 Å². The highest BCUT2D eigenvalue weighted by atomic mass is 32.2. The maximum absolute atomic E-state index is 13.0. The van der Waals surface area contributed by atoms with Crippen molar-refractivity contribution in [3.8, 4) is 11.4 Å². The molecule has 10 nitrogen and oxygen atoms in total. The van der Waals surface area contributed by atoms with Crippen molar-refractivity contribution >= 4 is 37.8 Å². The van der Waals surface area contributed by atoms with Crippen molar-refractivity contribution < 1.29 is 18.3 Å². The lowest BCUT2D eigenvalue weighted by Gasteiger charge is -2.34. The number of anilines is 1. The van der Waals surface area contributed by atoms with Crippen LogP contribution in [0.15, 0.2) is 30.6 Å². The van der Waals surface area contributed by atoms with Gasteiger partial charge in [0.15, 0.2) is 11.5 Å². The van der Waals surface area contributed by atoms with Crippen molar-refractivity contribution in [2.24, 2.45) is 0 Å².